The Morgan fingerprint density at radius 2 is 1.88 bits per heavy atom. The number of halogens is 1. The number of rotatable bonds is 4. The molecule has 0 aromatic heterocycles. The summed E-state index contributed by atoms with van der Waals surface area (Å²) in [5.41, 5.74) is 2.25. The van der Waals surface area contributed by atoms with E-state index < -0.39 is 0 Å². The van der Waals surface area contributed by atoms with E-state index in [2.05, 4.69) is 41.4 Å². The number of likely N-dealkylation sites (tertiary alicyclic amines) is 1. The van der Waals surface area contributed by atoms with Crippen LogP contribution in [0, 0.1) is 12.8 Å². The number of piperidine rings is 1. The lowest BCUT2D eigenvalue weighted by molar-refractivity contribution is -0.140. The van der Waals surface area contributed by atoms with Crippen LogP contribution >= 0.6 is 12.4 Å². The Kier molecular flexibility index (Phi) is 7.33. The minimum Gasteiger partial charge on any atom is -0.342 e. The predicted molar refractivity (Wildman–Crippen MR) is 106 cm³/mol. The SMILES string of the molecule is CNCC1CCN(C(=O)C2(c3cccc(C)c3)CCCCC2)CC1.Cl. The summed E-state index contributed by atoms with van der Waals surface area (Å²) in [5, 5.41) is 3.28. The molecule has 4 heteroatoms. The van der Waals surface area contributed by atoms with Crippen molar-refractivity contribution in [3.8, 4) is 0 Å². The van der Waals surface area contributed by atoms with E-state index in [0.29, 0.717) is 5.91 Å². The number of benzene rings is 1. The van der Waals surface area contributed by atoms with E-state index in [9.17, 15) is 4.79 Å². The zero-order valence-electron chi connectivity index (χ0n) is 15.7. The second-order valence-electron chi connectivity index (χ2n) is 7.81. The maximum Gasteiger partial charge on any atom is 0.233 e. The van der Waals surface area contributed by atoms with Crippen LogP contribution in [-0.2, 0) is 10.2 Å². The van der Waals surface area contributed by atoms with Crippen LogP contribution in [0.5, 0.6) is 0 Å². The molecule has 1 aromatic rings. The molecular formula is C21H33ClN2O. The molecule has 0 atom stereocenters. The Morgan fingerprint density at radius 3 is 2.48 bits per heavy atom. The zero-order valence-corrected chi connectivity index (χ0v) is 16.5. The lowest BCUT2D eigenvalue weighted by Gasteiger charge is -2.42. The molecule has 2 fully saturated rings. The van der Waals surface area contributed by atoms with Gasteiger partial charge in [-0.15, -0.1) is 12.4 Å². The van der Waals surface area contributed by atoms with Gasteiger partial charge >= 0.3 is 0 Å². The van der Waals surface area contributed by atoms with Crippen molar-refractivity contribution in [2.75, 3.05) is 26.7 Å². The fourth-order valence-corrected chi connectivity index (χ4v) is 4.66. The molecule has 1 N–H and O–H groups in total. The van der Waals surface area contributed by atoms with Crippen molar-refractivity contribution in [3.05, 3.63) is 35.4 Å². The van der Waals surface area contributed by atoms with Crippen molar-refractivity contribution in [1.82, 2.24) is 10.2 Å². The maximum atomic E-state index is 13.6. The Morgan fingerprint density at radius 1 is 1.20 bits per heavy atom. The lowest BCUT2D eigenvalue weighted by atomic mass is 9.68. The monoisotopic (exact) mass is 364 g/mol. The van der Waals surface area contributed by atoms with Gasteiger partial charge in [0.15, 0.2) is 0 Å². The van der Waals surface area contributed by atoms with Gasteiger partial charge in [-0.25, -0.2) is 0 Å². The average molecular weight is 365 g/mol. The summed E-state index contributed by atoms with van der Waals surface area (Å²) < 4.78 is 0. The van der Waals surface area contributed by atoms with Crippen molar-refractivity contribution >= 4 is 18.3 Å². The Balaban J connectivity index is 0.00000225. The molecule has 25 heavy (non-hydrogen) atoms. The van der Waals surface area contributed by atoms with Crippen molar-refractivity contribution in [1.29, 1.82) is 0 Å². The maximum absolute atomic E-state index is 13.6. The standard InChI is InChI=1S/C21H32N2O.ClH/c1-17-7-6-8-19(15-17)21(11-4-3-5-12-21)20(24)23-13-9-18(10-14-23)16-22-2;/h6-8,15,18,22H,3-5,9-14,16H2,1-2H3;1H. The summed E-state index contributed by atoms with van der Waals surface area (Å²) in [6.45, 7) is 5.07. The zero-order chi connectivity index (χ0) is 17.0. The molecule has 1 saturated carbocycles. The summed E-state index contributed by atoms with van der Waals surface area (Å²) in [6, 6.07) is 8.68. The van der Waals surface area contributed by atoms with Crippen LogP contribution in [0.15, 0.2) is 24.3 Å². The molecule has 1 heterocycles. The first-order chi connectivity index (χ1) is 11.7. The average Bonchev–Trinajstić information content (AvgIpc) is 2.63. The van der Waals surface area contributed by atoms with Gasteiger partial charge < -0.3 is 10.2 Å². The summed E-state index contributed by atoms with van der Waals surface area (Å²) >= 11 is 0. The molecule has 2 aliphatic rings. The van der Waals surface area contributed by atoms with Crippen LogP contribution in [0.4, 0.5) is 0 Å². The highest BCUT2D eigenvalue weighted by molar-refractivity contribution is 5.88. The molecule has 0 radical (unpaired) electrons. The Labute approximate surface area is 159 Å². The molecule has 1 aliphatic heterocycles. The van der Waals surface area contributed by atoms with Gasteiger partial charge in [-0.1, -0.05) is 49.1 Å². The lowest BCUT2D eigenvalue weighted by Crippen LogP contribution is -2.51. The number of nitrogens with one attached hydrogen (secondary N) is 1. The van der Waals surface area contributed by atoms with Gasteiger partial charge in [0.2, 0.25) is 5.91 Å². The van der Waals surface area contributed by atoms with Crippen molar-refractivity contribution in [2.24, 2.45) is 5.92 Å². The Bertz CT molecular complexity index is 561. The fraction of sp³-hybridized carbons (Fsp3) is 0.667. The van der Waals surface area contributed by atoms with Crippen molar-refractivity contribution < 1.29 is 4.79 Å². The first-order valence-corrected chi connectivity index (χ1v) is 9.67. The second kappa shape index (κ2) is 9.05. The van der Waals surface area contributed by atoms with Crippen molar-refractivity contribution in [3.63, 3.8) is 0 Å². The van der Waals surface area contributed by atoms with E-state index in [1.54, 1.807) is 0 Å². The van der Waals surface area contributed by atoms with E-state index in [0.717, 1.165) is 51.2 Å². The van der Waals surface area contributed by atoms with Crippen LogP contribution in [0.1, 0.15) is 56.1 Å². The smallest absolute Gasteiger partial charge is 0.233 e. The number of nitrogens with zero attached hydrogens (tertiary/aromatic N) is 1. The molecule has 1 aliphatic carbocycles. The van der Waals surface area contributed by atoms with Crippen LogP contribution in [0.25, 0.3) is 0 Å². The molecule has 1 amide bonds. The van der Waals surface area contributed by atoms with Crippen LogP contribution in [-0.4, -0.2) is 37.5 Å². The fourth-order valence-electron chi connectivity index (χ4n) is 4.66. The third kappa shape index (κ3) is 4.38. The molecule has 0 bridgehead atoms. The third-order valence-corrected chi connectivity index (χ3v) is 6.08. The van der Waals surface area contributed by atoms with Gasteiger partial charge in [-0.2, -0.15) is 0 Å². The highest BCUT2D eigenvalue weighted by Gasteiger charge is 2.44. The highest BCUT2D eigenvalue weighted by atomic mass is 35.5. The number of hydrogen-bond acceptors (Lipinski definition) is 2. The number of hydrogen-bond donors (Lipinski definition) is 1. The predicted octanol–water partition coefficient (Wildman–Crippen LogP) is 4.08. The quantitative estimate of drug-likeness (QED) is 0.873. The van der Waals surface area contributed by atoms with Gasteiger partial charge in [-0.05, 0) is 57.7 Å². The number of amides is 1. The van der Waals surface area contributed by atoms with Crippen LogP contribution in [0.2, 0.25) is 0 Å². The normalized spacial score (nSPS) is 20.8. The largest absolute Gasteiger partial charge is 0.342 e. The van der Waals surface area contributed by atoms with E-state index >= 15 is 0 Å². The summed E-state index contributed by atoms with van der Waals surface area (Å²) in [5.74, 6) is 1.12. The van der Waals surface area contributed by atoms with Crippen LogP contribution < -0.4 is 5.32 Å². The van der Waals surface area contributed by atoms with Crippen molar-refractivity contribution in [2.45, 2.75) is 57.3 Å². The topological polar surface area (TPSA) is 32.3 Å². The number of carbonyl (C=O) groups excluding carboxylic acids is 1. The van der Waals surface area contributed by atoms with E-state index in [1.165, 1.54) is 30.4 Å². The third-order valence-electron chi connectivity index (χ3n) is 6.08. The summed E-state index contributed by atoms with van der Waals surface area (Å²) in [7, 11) is 2.02. The second-order valence-corrected chi connectivity index (χ2v) is 7.81. The first-order valence-electron chi connectivity index (χ1n) is 9.67. The van der Waals surface area contributed by atoms with Gasteiger partial charge in [0.25, 0.3) is 0 Å². The highest BCUT2D eigenvalue weighted by Crippen LogP contribution is 2.42. The molecule has 1 aromatic carbocycles. The molecule has 0 unspecified atom stereocenters. The molecular weight excluding hydrogens is 332 g/mol. The number of carbonyl (C=O) groups is 1. The van der Waals surface area contributed by atoms with Crippen LogP contribution in [0.3, 0.4) is 0 Å². The molecule has 140 valence electrons. The van der Waals surface area contributed by atoms with Gasteiger partial charge in [0.1, 0.15) is 0 Å². The van der Waals surface area contributed by atoms with Gasteiger partial charge in [0, 0.05) is 13.1 Å². The molecule has 1 saturated heterocycles. The molecule has 3 rings (SSSR count). The minimum absolute atomic E-state index is 0. The minimum atomic E-state index is -0.264. The summed E-state index contributed by atoms with van der Waals surface area (Å²) in [4.78, 5) is 15.7. The van der Waals surface area contributed by atoms with E-state index in [4.69, 9.17) is 0 Å². The Hall–Kier alpha value is -1.06. The first kappa shape index (κ1) is 20.3. The molecule has 3 nitrogen and oxygen atoms in total. The van der Waals surface area contributed by atoms with E-state index in [1.807, 2.05) is 7.05 Å². The van der Waals surface area contributed by atoms with Gasteiger partial charge in [-0.3, -0.25) is 4.79 Å². The van der Waals surface area contributed by atoms with E-state index in [-0.39, 0.29) is 17.8 Å². The molecule has 0 spiro atoms. The van der Waals surface area contributed by atoms with Gasteiger partial charge in [0.05, 0.1) is 5.41 Å². The number of aryl methyl sites for hydroxylation is 1. The summed E-state index contributed by atoms with van der Waals surface area (Å²) in [6.07, 6.45) is 7.93.